The average Bonchev–Trinajstić information content (AvgIpc) is 2.30. The molecule has 0 aliphatic carbocycles. The van der Waals surface area contributed by atoms with Gasteiger partial charge in [0.15, 0.2) is 0 Å². The Morgan fingerprint density at radius 2 is 2.19 bits per heavy atom. The first-order valence-electron chi connectivity index (χ1n) is 5.94. The third kappa shape index (κ3) is 4.57. The molecule has 0 aromatic carbocycles. The third-order valence-corrected chi connectivity index (χ3v) is 2.29. The van der Waals surface area contributed by atoms with Crippen LogP contribution in [0.5, 0.6) is 5.88 Å². The number of ether oxygens (including phenoxy) is 1. The number of hydrogen-bond donors (Lipinski definition) is 1. The van der Waals surface area contributed by atoms with Gasteiger partial charge in [0.25, 0.3) is 0 Å². The van der Waals surface area contributed by atoms with Crippen molar-refractivity contribution in [2.75, 3.05) is 6.54 Å². The lowest BCUT2D eigenvalue weighted by molar-refractivity contribution is 0.207. The molecule has 0 saturated heterocycles. The summed E-state index contributed by atoms with van der Waals surface area (Å²) in [6.45, 7) is 8.01. The predicted molar refractivity (Wildman–Crippen MR) is 64.4 cm³/mol. The van der Waals surface area contributed by atoms with Crippen LogP contribution in [-0.2, 0) is 6.54 Å². The van der Waals surface area contributed by atoms with Gasteiger partial charge in [-0.15, -0.1) is 0 Å². The zero-order valence-electron chi connectivity index (χ0n) is 10.4. The SMILES string of the molecule is CCCNCc1cncc(OC(C)CC)n1. The molecule has 4 nitrogen and oxygen atoms in total. The molecule has 0 fully saturated rings. The van der Waals surface area contributed by atoms with Crippen molar-refractivity contribution in [1.29, 1.82) is 0 Å². The van der Waals surface area contributed by atoms with Crippen molar-refractivity contribution in [1.82, 2.24) is 15.3 Å². The molecule has 0 spiro atoms. The second-order valence-corrected chi connectivity index (χ2v) is 3.86. The summed E-state index contributed by atoms with van der Waals surface area (Å²) in [6, 6.07) is 0. The third-order valence-electron chi connectivity index (χ3n) is 2.29. The highest BCUT2D eigenvalue weighted by atomic mass is 16.5. The predicted octanol–water partition coefficient (Wildman–Crippen LogP) is 2.15. The van der Waals surface area contributed by atoms with Crippen LogP contribution in [0.1, 0.15) is 39.3 Å². The van der Waals surface area contributed by atoms with E-state index in [-0.39, 0.29) is 6.10 Å². The standard InChI is InChI=1S/C12H21N3O/c1-4-6-13-7-11-8-14-9-12(15-11)16-10(3)5-2/h8-10,13H,4-7H2,1-3H3. The molecule has 4 heteroatoms. The van der Waals surface area contributed by atoms with Gasteiger partial charge in [0.05, 0.1) is 18.0 Å². The van der Waals surface area contributed by atoms with E-state index in [2.05, 4.69) is 29.1 Å². The van der Waals surface area contributed by atoms with E-state index in [0.29, 0.717) is 5.88 Å². The molecule has 0 bridgehead atoms. The highest BCUT2D eigenvalue weighted by Gasteiger charge is 2.03. The van der Waals surface area contributed by atoms with Gasteiger partial charge in [-0.1, -0.05) is 13.8 Å². The van der Waals surface area contributed by atoms with Gasteiger partial charge in [0, 0.05) is 12.7 Å². The van der Waals surface area contributed by atoms with E-state index < -0.39 is 0 Å². The molecule has 1 aromatic heterocycles. The van der Waals surface area contributed by atoms with Gasteiger partial charge in [-0.2, -0.15) is 0 Å². The first-order valence-corrected chi connectivity index (χ1v) is 5.94. The quantitative estimate of drug-likeness (QED) is 0.719. The minimum atomic E-state index is 0.188. The van der Waals surface area contributed by atoms with Crippen LogP contribution in [0, 0.1) is 0 Å². The molecule has 0 radical (unpaired) electrons. The van der Waals surface area contributed by atoms with Gasteiger partial charge in [0.2, 0.25) is 5.88 Å². The lowest BCUT2D eigenvalue weighted by Crippen LogP contribution is -2.16. The Morgan fingerprint density at radius 3 is 2.88 bits per heavy atom. The van der Waals surface area contributed by atoms with E-state index in [1.807, 2.05) is 6.92 Å². The zero-order chi connectivity index (χ0) is 11.8. The maximum Gasteiger partial charge on any atom is 0.232 e. The molecule has 1 unspecified atom stereocenters. The van der Waals surface area contributed by atoms with Crippen LogP contribution < -0.4 is 10.1 Å². The summed E-state index contributed by atoms with van der Waals surface area (Å²) < 4.78 is 5.61. The first kappa shape index (κ1) is 12.9. The lowest BCUT2D eigenvalue weighted by atomic mass is 10.3. The van der Waals surface area contributed by atoms with E-state index in [9.17, 15) is 0 Å². The van der Waals surface area contributed by atoms with Crippen molar-refractivity contribution in [2.45, 2.75) is 46.3 Å². The van der Waals surface area contributed by atoms with E-state index in [0.717, 1.165) is 31.6 Å². The summed E-state index contributed by atoms with van der Waals surface area (Å²) >= 11 is 0. The zero-order valence-corrected chi connectivity index (χ0v) is 10.4. The molecule has 0 amide bonds. The summed E-state index contributed by atoms with van der Waals surface area (Å²) in [5.41, 5.74) is 0.925. The summed E-state index contributed by atoms with van der Waals surface area (Å²) in [4.78, 5) is 8.51. The Hall–Kier alpha value is -1.16. The van der Waals surface area contributed by atoms with E-state index >= 15 is 0 Å². The Kier molecular flexibility index (Phi) is 5.78. The van der Waals surface area contributed by atoms with Gasteiger partial charge < -0.3 is 10.1 Å². The average molecular weight is 223 g/mol. The van der Waals surface area contributed by atoms with Crippen molar-refractivity contribution in [3.63, 3.8) is 0 Å². The highest BCUT2D eigenvalue weighted by Crippen LogP contribution is 2.08. The number of nitrogens with one attached hydrogen (secondary N) is 1. The molecule has 0 aliphatic heterocycles. The molecule has 1 aromatic rings. The number of rotatable bonds is 7. The Morgan fingerprint density at radius 1 is 1.38 bits per heavy atom. The molecule has 1 heterocycles. The summed E-state index contributed by atoms with van der Waals surface area (Å²) in [5.74, 6) is 0.616. The van der Waals surface area contributed by atoms with Crippen LogP contribution in [0.2, 0.25) is 0 Å². The Labute approximate surface area is 97.5 Å². The fraction of sp³-hybridized carbons (Fsp3) is 0.667. The summed E-state index contributed by atoms with van der Waals surface area (Å²) in [5, 5.41) is 3.29. The van der Waals surface area contributed by atoms with Gasteiger partial charge in [-0.25, -0.2) is 4.98 Å². The van der Waals surface area contributed by atoms with Crippen LogP contribution in [0.15, 0.2) is 12.4 Å². The van der Waals surface area contributed by atoms with Crippen LogP contribution in [-0.4, -0.2) is 22.6 Å². The molecule has 16 heavy (non-hydrogen) atoms. The highest BCUT2D eigenvalue weighted by molar-refractivity contribution is 5.08. The van der Waals surface area contributed by atoms with Crippen molar-refractivity contribution < 1.29 is 4.74 Å². The minimum Gasteiger partial charge on any atom is -0.474 e. The Bertz CT molecular complexity index is 304. The fourth-order valence-electron chi connectivity index (χ4n) is 1.21. The van der Waals surface area contributed by atoms with Gasteiger partial charge in [-0.3, -0.25) is 4.98 Å². The van der Waals surface area contributed by atoms with Crippen LogP contribution in [0.3, 0.4) is 0 Å². The van der Waals surface area contributed by atoms with Gasteiger partial charge in [0.1, 0.15) is 0 Å². The maximum absolute atomic E-state index is 5.61. The summed E-state index contributed by atoms with van der Waals surface area (Å²) in [6.07, 6.45) is 5.71. The number of hydrogen-bond acceptors (Lipinski definition) is 4. The molecule has 1 rings (SSSR count). The second kappa shape index (κ2) is 7.17. The van der Waals surface area contributed by atoms with E-state index in [1.54, 1.807) is 12.4 Å². The van der Waals surface area contributed by atoms with Crippen molar-refractivity contribution >= 4 is 0 Å². The molecule has 90 valence electrons. The fourth-order valence-corrected chi connectivity index (χ4v) is 1.21. The van der Waals surface area contributed by atoms with Crippen LogP contribution in [0.25, 0.3) is 0 Å². The smallest absolute Gasteiger partial charge is 0.232 e. The lowest BCUT2D eigenvalue weighted by Gasteiger charge is -2.11. The number of aromatic nitrogens is 2. The molecule has 0 saturated carbocycles. The molecule has 0 aliphatic rings. The van der Waals surface area contributed by atoms with E-state index in [4.69, 9.17) is 4.74 Å². The maximum atomic E-state index is 5.61. The Balaban J connectivity index is 2.50. The molecular formula is C12H21N3O. The monoisotopic (exact) mass is 223 g/mol. The topological polar surface area (TPSA) is 47.0 Å². The largest absolute Gasteiger partial charge is 0.474 e. The first-order chi connectivity index (χ1) is 7.76. The van der Waals surface area contributed by atoms with Crippen molar-refractivity contribution in [2.24, 2.45) is 0 Å². The minimum absolute atomic E-state index is 0.188. The van der Waals surface area contributed by atoms with Crippen LogP contribution >= 0.6 is 0 Å². The molecule has 1 atom stereocenters. The van der Waals surface area contributed by atoms with Gasteiger partial charge in [-0.05, 0) is 26.3 Å². The summed E-state index contributed by atoms with van der Waals surface area (Å²) in [7, 11) is 0. The van der Waals surface area contributed by atoms with Crippen LogP contribution in [0.4, 0.5) is 0 Å². The van der Waals surface area contributed by atoms with Crippen molar-refractivity contribution in [3.8, 4) is 5.88 Å². The second-order valence-electron chi connectivity index (χ2n) is 3.86. The van der Waals surface area contributed by atoms with E-state index in [1.165, 1.54) is 0 Å². The molecular weight excluding hydrogens is 202 g/mol. The van der Waals surface area contributed by atoms with Crippen molar-refractivity contribution in [3.05, 3.63) is 18.1 Å². The van der Waals surface area contributed by atoms with Gasteiger partial charge >= 0.3 is 0 Å². The normalized spacial score (nSPS) is 12.4. The molecule has 1 N–H and O–H groups in total. The number of nitrogens with zero attached hydrogens (tertiary/aromatic N) is 2.